The quantitative estimate of drug-likeness (QED) is 0.620. The van der Waals surface area contributed by atoms with Gasteiger partial charge in [-0.2, -0.15) is 5.26 Å². The van der Waals surface area contributed by atoms with Gasteiger partial charge in [0.05, 0.1) is 15.5 Å². The minimum Gasteiger partial charge on any atom is -0.207 e. The van der Waals surface area contributed by atoms with Crippen LogP contribution in [-0.4, -0.2) is 8.42 Å². The van der Waals surface area contributed by atoms with Crippen molar-refractivity contribution in [3.63, 3.8) is 0 Å². The number of hydrogen-bond acceptors (Lipinski definition) is 3. The highest BCUT2D eigenvalue weighted by molar-refractivity contribution is 8.13. The molecule has 0 aromatic heterocycles. The van der Waals surface area contributed by atoms with Crippen LogP contribution in [0.4, 0.5) is 0 Å². The van der Waals surface area contributed by atoms with E-state index in [4.69, 9.17) is 39.1 Å². The van der Waals surface area contributed by atoms with Gasteiger partial charge in [0, 0.05) is 16.6 Å². The van der Waals surface area contributed by atoms with Gasteiger partial charge in [0.1, 0.15) is 6.07 Å². The average Bonchev–Trinajstić information content (AvgIpc) is 2.15. The Labute approximate surface area is 102 Å². The van der Waals surface area contributed by atoms with Crippen molar-refractivity contribution in [2.45, 2.75) is 10.8 Å². The Bertz CT molecular complexity index is 534. The van der Waals surface area contributed by atoms with E-state index in [1.165, 1.54) is 6.07 Å². The zero-order chi connectivity index (χ0) is 11.6. The Morgan fingerprint density at radius 1 is 1.40 bits per heavy atom. The Morgan fingerprint density at radius 3 is 2.40 bits per heavy atom. The number of hydrogen-bond donors (Lipinski definition) is 0. The van der Waals surface area contributed by atoms with Crippen molar-refractivity contribution < 1.29 is 8.42 Å². The fraction of sp³-hybridized carbons (Fsp3) is 0.125. The number of rotatable bonds is 2. The largest absolute Gasteiger partial charge is 0.261 e. The zero-order valence-corrected chi connectivity index (χ0v) is 10.3. The summed E-state index contributed by atoms with van der Waals surface area (Å²) in [5.41, 5.74) is 0.320. The van der Waals surface area contributed by atoms with E-state index in [9.17, 15) is 8.42 Å². The van der Waals surface area contributed by atoms with Crippen LogP contribution >= 0.6 is 33.9 Å². The van der Waals surface area contributed by atoms with Gasteiger partial charge in [0.25, 0.3) is 9.05 Å². The zero-order valence-electron chi connectivity index (χ0n) is 7.17. The van der Waals surface area contributed by atoms with Gasteiger partial charge in [-0.1, -0.05) is 11.6 Å². The monoisotopic (exact) mass is 283 g/mol. The Balaban J connectivity index is 3.59. The highest BCUT2D eigenvalue weighted by atomic mass is 35.7. The van der Waals surface area contributed by atoms with Gasteiger partial charge >= 0.3 is 0 Å². The van der Waals surface area contributed by atoms with Gasteiger partial charge in [-0.05, 0) is 17.7 Å². The fourth-order valence-electron chi connectivity index (χ4n) is 1.01. The van der Waals surface area contributed by atoms with Crippen molar-refractivity contribution >= 4 is 42.9 Å². The van der Waals surface area contributed by atoms with Crippen molar-refractivity contribution in [2.24, 2.45) is 0 Å². The van der Waals surface area contributed by atoms with Crippen LogP contribution in [0.15, 0.2) is 17.0 Å². The summed E-state index contributed by atoms with van der Waals surface area (Å²) in [7, 11) is 1.27. The molecule has 0 aliphatic carbocycles. The van der Waals surface area contributed by atoms with Crippen LogP contribution in [0.3, 0.4) is 0 Å². The van der Waals surface area contributed by atoms with E-state index < -0.39 is 9.05 Å². The number of nitriles is 1. The van der Waals surface area contributed by atoms with Crippen LogP contribution in [0.5, 0.6) is 0 Å². The van der Waals surface area contributed by atoms with E-state index in [0.717, 1.165) is 6.07 Å². The summed E-state index contributed by atoms with van der Waals surface area (Å²) in [5.74, 6) is -0.0489. The number of halogens is 3. The molecule has 0 unspecified atom stereocenters. The molecule has 0 saturated carbocycles. The smallest absolute Gasteiger partial charge is 0.207 e. The SMILES string of the molecule is N#Cc1cc(S(=O)(=O)Cl)c(CCl)cc1Cl. The van der Waals surface area contributed by atoms with Crippen molar-refractivity contribution in [3.05, 3.63) is 28.3 Å². The third-order valence-electron chi connectivity index (χ3n) is 1.68. The van der Waals surface area contributed by atoms with Gasteiger partial charge in [0.2, 0.25) is 0 Å². The molecule has 0 N–H and O–H groups in total. The second-order valence-corrected chi connectivity index (χ2v) is 5.83. The summed E-state index contributed by atoms with van der Waals surface area (Å²) < 4.78 is 22.3. The second-order valence-electron chi connectivity index (χ2n) is 2.62. The van der Waals surface area contributed by atoms with Gasteiger partial charge < -0.3 is 0 Å². The Kier molecular flexibility index (Phi) is 3.85. The average molecular weight is 285 g/mol. The number of nitrogens with zero attached hydrogens (tertiary/aromatic N) is 1. The van der Waals surface area contributed by atoms with Crippen molar-refractivity contribution in [1.82, 2.24) is 0 Å². The van der Waals surface area contributed by atoms with Crippen LogP contribution in [0, 0.1) is 11.3 Å². The molecule has 1 rings (SSSR count). The van der Waals surface area contributed by atoms with Gasteiger partial charge in [-0.3, -0.25) is 0 Å². The molecule has 1 aromatic carbocycles. The molecule has 0 radical (unpaired) electrons. The topological polar surface area (TPSA) is 57.9 Å². The fourth-order valence-corrected chi connectivity index (χ4v) is 2.67. The maximum absolute atomic E-state index is 11.1. The molecule has 15 heavy (non-hydrogen) atoms. The predicted molar refractivity (Wildman–Crippen MR) is 58.8 cm³/mol. The summed E-state index contributed by atoms with van der Waals surface area (Å²) >= 11 is 11.3. The van der Waals surface area contributed by atoms with E-state index in [1.54, 1.807) is 6.07 Å². The van der Waals surface area contributed by atoms with E-state index >= 15 is 0 Å². The lowest BCUT2D eigenvalue weighted by atomic mass is 10.2. The summed E-state index contributed by atoms with van der Waals surface area (Å²) in [6, 6.07) is 4.20. The minimum absolute atomic E-state index is 0.0461. The van der Waals surface area contributed by atoms with E-state index in [0.29, 0.717) is 0 Å². The van der Waals surface area contributed by atoms with Crippen LogP contribution < -0.4 is 0 Å². The molecule has 0 aliphatic rings. The van der Waals surface area contributed by atoms with Crippen LogP contribution in [0.25, 0.3) is 0 Å². The van der Waals surface area contributed by atoms with E-state index in [2.05, 4.69) is 0 Å². The summed E-state index contributed by atoms with van der Waals surface area (Å²) in [6.07, 6.45) is 0. The summed E-state index contributed by atoms with van der Waals surface area (Å²) in [4.78, 5) is -0.180. The van der Waals surface area contributed by atoms with Gasteiger partial charge in [-0.25, -0.2) is 8.42 Å². The molecule has 0 amide bonds. The maximum Gasteiger partial charge on any atom is 0.261 e. The molecule has 0 heterocycles. The molecular weight excluding hydrogens is 281 g/mol. The highest BCUT2D eigenvalue weighted by Crippen LogP contribution is 2.27. The first kappa shape index (κ1) is 12.6. The third kappa shape index (κ3) is 2.76. The summed E-state index contributed by atoms with van der Waals surface area (Å²) in [5, 5.41) is 8.82. The van der Waals surface area contributed by atoms with Crippen LogP contribution in [-0.2, 0) is 14.9 Å². The van der Waals surface area contributed by atoms with E-state index in [1.807, 2.05) is 0 Å². The lowest BCUT2D eigenvalue weighted by molar-refractivity contribution is 0.609. The van der Waals surface area contributed by atoms with Crippen LogP contribution in [0.2, 0.25) is 5.02 Å². The van der Waals surface area contributed by atoms with Crippen molar-refractivity contribution in [3.8, 4) is 6.07 Å². The lowest BCUT2D eigenvalue weighted by Crippen LogP contribution is -1.98. The normalized spacial score (nSPS) is 11.1. The standard InChI is InChI=1S/C8H4Cl3NO2S/c9-3-5-1-7(10)6(4-12)2-8(5)15(11,13)14/h1-2H,3H2. The molecule has 0 spiro atoms. The molecule has 0 saturated heterocycles. The lowest BCUT2D eigenvalue weighted by Gasteiger charge is -2.05. The molecule has 0 aliphatic heterocycles. The van der Waals surface area contributed by atoms with Gasteiger partial charge in [0.15, 0.2) is 0 Å². The first-order valence-corrected chi connectivity index (χ1v) is 6.85. The maximum atomic E-state index is 11.1. The number of alkyl halides is 1. The highest BCUT2D eigenvalue weighted by Gasteiger charge is 2.17. The predicted octanol–water partition coefficient (Wildman–Crippen LogP) is 2.88. The van der Waals surface area contributed by atoms with Gasteiger partial charge in [-0.15, -0.1) is 11.6 Å². The minimum atomic E-state index is -3.92. The first-order valence-electron chi connectivity index (χ1n) is 3.63. The summed E-state index contributed by atoms with van der Waals surface area (Å²) in [6.45, 7) is 0. The molecule has 1 aromatic rings. The van der Waals surface area contributed by atoms with Crippen molar-refractivity contribution in [1.29, 1.82) is 5.26 Å². The molecule has 0 atom stereocenters. The number of benzene rings is 1. The third-order valence-corrected chi connectivity index (χ3v) is 3.68. The first-order chi connectivity index (χ1) is 6.90. The molecule has 0 bridgehead atoms. The Morgan fingerprint density at radius 2 is 2.00 bits per heavy atom. The molecule has 7 heteroatoms. The Hall–Kier alpha value is -0.470. The molecule has 80 valence electrons. The second kappa shape index (κ2) is 4.58. The molecular formula is C8H4Cl3NO2S. The van der Waals surface area contributed by atoms with Crippen LogP contribution in [0.1, 0.15) is 11.1 Å². The van der Waals surface area contributed by atoms with Crippen molar-refractivity contribution in [2.75, 3.05) is 0 Å². The van der Waals surface area contributed by atoms with E-state index in [-0.39, 0.29) is 26.9 Å². The molecule has 0 fully saturated rings. The molecule has 3 nitrogen and oxygen atoms in total.